The van der Waals surface area contributed by atoms with Crippen molar-refractivity contribution in [2.45, 2.75) is 20.0 Å². The van der Waals surface area contributed by atoms with Gasteiger partial charge in [-0.25, -0.2) is 0 Å². The summed E-state index contributed by atoms with van der Waals surface area (Å²) in [4.78, 5) is 10.5. The van der Waals surface area contributed by atoms with E-state index in [-0.39, 0.29) is 17.4 Å². The Hall–Kier alpha value is -0.570. The summed E-state index contributed by atoms with van der Waals surface area (Å²) in [5.74, 6) is -1.06. The summed E-state index contributed by atoms with van der Waals surface area (Å²) < 4.78 is 4.97. The van der Waals surface area contributed by atoms with Gasteiger partial charge in [-0.05, 0) is 0 Å². The molecule has 3 heteroatoms. The number of methoxy groups -OCH3 is 1. The molecule has 0 aromatic heterocycles. The van der Waals surface area contributed by atoms with Crippen molar-refractivity contribution in [3.05, 3.63) is 0 Å². The second-order valence-corrected chi connectivity index (χ2v) is 3.29. The van der Waals surface area contributed by atoms with E-state index in [0.717, 1.165) is 0 Å². The molecule has 1 aliphatic rings. The quantitative estimate of drug-likeness (QED) is 0.621. The van der Waals surface area contributed by atoms with E-state index in [1.54, 1.807) is 7.11 Å². The molecule has 0 radical (unpaired) electrons. The minimum absolute atomic E-state index is 0.0926. The minimum Gasteiger partial charge on any atom is -0.481 e. The van der Waals surface area contributed by atoms with Gasteiger partial charge in [-0.1, -0.05) is 13.8 Å². The maximum Gasteiger partial charge on any atom is 0.309 e. The van der Waals surface area contributed by atoms with Gasteiger partial charge in [-0.15, -0.1) is 0 Å². The van der Waals surface area contributed by atoms with Gasteiger partial charge >= 0.3 is 5.97 Å². The first kappa shape index (κ1) is 7.54. The number of carbonyl (C=O) groups is 1. The van der Waals surface area contributed by atoms with Crippen molar-refractivity contribution in [2.24, 2.45) is 11.3 Å². The highest BCUT2D eigenvalue weighted by atomic mass is 16.5. The van der Waals surface area contributed by atoms with Crippen LogP contribution in [0, 0.1) is 11.3 Å². The number of hydrogen-bond acceptors (Lipinski definition) is 2. The number of carboxylic acid groups (broad SMARTS) is 1. The summed E-state index contributed by atoms with van der Waals surface area (Å²) in [6, 6.07) is 0. The highest BCUT2D eigenvalue weighted by Gasteiger charge is 2.63. The lowest BCUT2D eigenvalue weighted by Crippen LogP contribution is -2.03. The van der Waals surface area contributed by atoms with E-state index in [1.807, 2.05) is 13.8 Å². The lowest BCUT2D eigenvalue weighted by atomic mass is 10.1. The molecule has 1 saturated carbocycles. The van der Waals surface area contributed by atoms with Crippen LogP contribution in [-0.2, 0) is 9.53 Å². The molecule has 1 rings (SSSR count). The summed E-state index contributed by atoms with van der Waals surface area (Å²) in [5, 5.41) is 8.61. The Balaban J connectivity index is 2.61. The molecule has 1 fully saturated rings. The molecule has 1 N–H and O–H groups in total. The van der Waals surface area contributed by atoms with E-state index < -0.39 is 5.97 Å². The van der Waals surface area contributed by atoms with Crippen LogP contribution in [0.2, 0.25) is 0 Å². The Morgan fingerprint density at radius 1 is 1.60 bits per heavy atom. The van der Waals surface area contributed by atoms with Crippen LogP contribution in [0.25, 0.3) is 0 Å². The summed E-state index contributed by atoms with van der Waals surface area (Å²) >= 11 is 0. The molecular formula is C7H12O3. The molecule has 58 valence electrons. The minimum atomic E-state index is -0.753. The van der Waals surface area contributed by atoms with E-state index in [0.29, 0.717) is 0 Å². The molecule has 0 amide bonds. The zero-order valence-electron chi connectivity index (χ0n) is 6.42. The first-order valence-electron chi connectivity index (χ1n) is 3.27. The van der Waals surface area contributed by atoms with Gasteiger partial charge in [0.1, 0.15) is 0 Å². The van der Waals surface area contributed by atoms with E-state index in [1.165, 1.54) is 0 Å². The zero-order valence-corrected chi connectivity index (χ0v) is 6.42. The largest absolute Gasteiger partial charge is 0.481 e. The Labute approximate surface area is 60.0 Å². The maximum atomic E-state index is 10.5. The highest BCUT2D eigenvalue weighted by Crippen LogP contribution is 2.53. The van der Waals surface area contributed by atoms with E-state index in [4.69, 9.17) is 9.84 Å². The molecule has 0 aromatic carbocycles. The van der Waals surface area contributed by atoms with Crippen molar-refractivity contribution in [1.82, 2.24) is 0 Å². The molecule has 3 nitrogen and oxygen atoms in total. The smallest absolute Gasteiger partial charge is 0.309 e. The topological polar surface area (TPSA) is 46.5 Å². The van der Waals surface area contributed by atoms with Crippen molar-refractivity contribution < 1.29 is 14.6 Å². The van der Waals surface area contributed by atoms with Crippen LogP contribution >= 0.6 is 0 Å². The third kappa shape index (κ3) is 0.814. The van der Waals surface area contributed by atoms with Gasteiger partial charge in [0.15, 0.2) is 0 Å². The molecule has 10 heavy (non-hydrogen) atoms. The number of aliphatic carboxylic acids is 1. The molecule has 1 aliphatic carbocycles. The second kappa shape index (κ2) is 1.95. The molecule has 0 aliphatic heterocycles. The molecule has 0 unspecified atom stereocenters. The molecule has 0 spiro atoms. The van der Waals surface area contributed by atoms with Crippen LogP contribution in [-0.4, -0.2) is 24.3 Å². The lowest BCUT2D eigenvalue weighted by molar-refractivity contribution is -0.139. The normalized spacial score (nSPS) is 35.5. The third-order valence-electron chi connectivity index (χ3n) is 2.25. The van der Waals surface area contributed by atoms with Crippen LogP contribution in [0.4, 0.5) is 0 Å². The Morgan fingerprint density at radius 3 is 2.20 bits per heavy atom. The monoisotopic (exact) mass is 144 g/mol. The Kier molecular flexibility index (Phi) is 1.47. The molecule has 0 saturated heterocycles. The Bertz CT molecular complexity index is 162. The lowest BCUT2D eigenvalue weighted by Gasteiger charge is -1.96. The fourth-order valence-corrected chi connectivity index (χ4v) is 1.48. The standard InChI is InChI=1S/C7H12O3/c1-7(2)4(6(8)9)5(7)10-3/h4-5H,1-3H3,(H,8,9)/t4-,5-/m0/s1. The fraction of sp³-hybridized carbons (Fsp3) is 0.857. The first-order chi connectivity index (χ1) is 4.51. The highest BCUT2D eigenvalue weighted by molar-refractivity contribution is 5.76. The predicted octanol–water partition coefficient (Wildman–Crippen LogP) is 0.742. The van der Waals surface area contributed by atoms with Gasteiger partial charge in [0.2, 0.25) is 0 Å². The number of ether oxygens (including phenoxy) is 1. The maximum absolute atomic E-state index is 10.5. The molecule has 0 aromatic rings. The van der Waals surface area contributed by atoms with Gasteiger partial charge in [0, 0.05) is 12.5 Å². The van der Waals surface area contributed by atoms with Crippen molar-refractivity contribution in [3.8, 4) is 0 Å². The zero-order chi connectivity index (χ0) is 7.94. The first-order valence-corrected chi connectivity index (χ1v) is 3.27. The summed E-state index contributed by atoms with van der Waals surface area (Å²) in [5.41, 5.74) is -0.166. The van der Waals surface area contributed by atoms with Crippen molar-refractivity contribution in [3.63, 3.8) is 0 Å². The van der Waals surface area contributed by atoms with E-state index >= 15 is 0 Å². The third-order valence-corrected chi connectivity index (χ3v) is 2.25. The average molecular weight is 144 g/mol. The molecule has 0 heterocycles. The van der Waals surface area contributed by atoms with Crippen LogP contribution in [0.1, 0.15) is 13.8 Å². The summed E-state index contributed by atoms with van der Waals surface area (Å²) in [6.07, 6.45) is -0.0926. The number of carboxylic acids is 1. The summed E-state index contributed by atoms with van der Waals surface area (Å²) in [7, 11) is 1.55. The Morgan fingerprint density at radius 2 is 2.10 bits per heavy atom. The SMILES string of the molecule is CO[C@H]1[C@@H](C(=O)O)C1(C)C. The van der Waals surface area contributed by atoms with Gasteiger partial charge in [0.05, 0.1) is 12.0 Å². The fourth-order valence-electron chi connectivity index (χ4n) is 1.48. The van der Waals surface area contributed by atoms with E-state index in [9.17, 15) is 4.79 Å². The average Bonchev–Trinajstić information content (AvgIpc) is 2.33. The van der Waals surface area contributed by atoms with Crippen LogP contribution < -0.4 is 0 Å². The van der Waals surface area contributed by atoms with Crippen LogP contribution in [0.15, 0.2) is 0 Å². The number of rotatable bonds is 2. The molecule has 2 atom stereocenters. The van der Waals surface area contributed by atoms with Crippen molar-refractivity contribution in [1.29, 1.82) is 0 Å². The van der Waals surface area contributed by atoms with Gasteiger partial charge < -0.3 is 9.84 Å². The van der Waals surface area contributed by atoms with Gasteiger partial charge in [-0.2, -0.15) is 0 Å². The number of hydrogen-bond donors (Lipinski definition) is 1. The molecular weight excluding hydrogens is 132 g/mol. The van der Waals surface area contributed by atoms with Crippen LogP contribution in [0.3, 0.4) is 0 Å². The molecule has 0 bridgehead atoms. The van der Waals surface area contributed by atoms with Gasteiger partial charge in [0.25, 0.3) is 0 Å². The predicted molar refractivity (Wildman–Crippen MR) is 35.7 cm³/mol. The van der Waals surface area contributed by atoms with E-state index in [2.05, 4.69) is 0 Å². The van der Waals surface area contributed by atoms with Gasteiger partial charge in [-0.3, -0.25) is 4.79 Å². The summed E-state index contributed by atoms with van der Waals surface area (Å²) in [6.45, 7) is 3.81. The van der Waals surface area contributed by atoms with Crippen LogP contribution in [0.5, 0.6) is 0 Å². The van der Waals surface area contributed by atoms with Crippen molar-refractivity contribution in [2.75, 3.05) is 7.11 Å². The van der Waals surface area contributed by atoms with Crippen molar-refractivity contribution >= 4 is 5.97 Å². The second-order valence-electron chi connectivity index (χ2n) is 3.29.